The fraction of sp³-hybridized carbons (Fsp3) is 0. The highest BCUT2D eigenvalue weighted by Gasteiger charge is 2.20. The Hall–Kier alpha value is -6.85. The van der Waals surface area contributed by atoms with Gasteiger partial charge in [0.25, 0.3) is 0 Å². The molecule has 0 bridgehead atoms. The first-order valence-corrected chi connectivity index (χ1v) is 16.4. The molecule has 0 spiro atoms. The van der Waals surface area contributed by atoms with Crippen LogP contribution in [-0.2, 0) is 0 Å². The van der Waals surface area contributed by atoms with Gasteiger partial charge in [-0.2, -0.15) is 0 Å². The summed E-state index contributed by atoms with van der Waals surface area (Å²) in [5, 5.41) is 2.93. The van der Waals surface area contributed by atoms with E-state index in [2.05, 4.69) is 41.0 Å². The Morgan fingerprint density at radius 3 is 1.86 bits per heavy atom. The molecule has 10 rings (SSSR count). The van der Waals surface area contributed by atoms with E-state index in [1.165, 1.54) is 6.07 Å². The predicted molar refractivity (Wildman–Crippen MR) is 203 cm³/mol. The number of hydrogen-bond acceptors (Lipinski definition) is 4. The van der Waals surface area contributed by atoms with Crippen LogP contribution >= 0.6 is 0 Å². The molecule has 0 saturated heterocycles. The maximum Gasteiger partial charge on any atom is 0.167 e. The number of nitrogens with zero attached hydrogens (tertiary/aromatic N) is 4. The average Bonchev–Trinajstić information content (AvgIpc) is 3.77. The van der Waals surface area contributed by atoms with Gasteiger partial charge in [-0.1, -0.05) is 133 Å². The summed E-state index contributed by atoms with van der Waals surface area (Å²) < 4.78 is 45.2. The summed E-state index contributed by atoms with van der Waals surface area (Å²) in [4.78, 5) is 14.6. The SMILES string of the molecule is [2H]c1cc(-c2nc(-c3ccccc3)nc(-c3ccccc3)n2)c2oc3c([2H])cc([2H])c(-c4ccc5c6ccccc6n(-c6ccccc6)c5c4)c3c2c1[2H]. The standard InChI is InChI=1S/C45H28N4O/c1-4-14-29(15-5-1)43-46-44(30-16-6-2-7-17-30)48-45(47-43)37-23-12-22-36-41-33(21-13-25-40(41)50-42(36)37)31-26-27-35-34-20-10-11-24-38(34)49(39(35)28-31)32-18-8-3-9-19-32/h1-28H/i12D,21D,22D,25D. The highest BCUT2D eigenvalue weighted by Crippen LogP contribution is 2.42. The number of benzene rings is 7. The van der Waals surface area contributed by atoms with Crippen LogP contribution in [0.3, 0.4) is 0 Å². The van der Waals surface area contributed by atoms with E-state index in [1.807, 2.05) is 97.1 Å². The number of hydrogen-bond donors (Lipinski definition) is 0. The second-order valence-electron chi connectivity index (χ2n) is 12.1. The lowest BCUT2D eigenvalue weighted by Crippen LogP contribution is -2.00. The molecule has 0 aliphatic carbocycles. The molecule has 10 aromatic rings. The summed E-state index contributed by atoms with van der Waals surface area (Å²) in [6.07, 6.45) is 0. The Labute approximate surface area is 293 Å². The van der Waals surface area contributed by atoms with Gasteiger partial charge in [0.2, 0.25) is 0 Å². The van der Waals surface area contributed by atoms with E-state index in [4.69, 9.17) is 22.1 Å². The van der Waals surface area contributed by atoms with Gasteiger partial charge >= 0.3 is 0 Å². The smallest absolute Gasteiger partial charge is 0.167 e. The molecule has 234 valence electrons. The molecule has 0 aliphatic heterocycles. The topological polar surface area (TPSA) is 56.7 Å². The van der Waals surface area contributed by atoms with Gasteiger partial charge < -0.3 is 8.98 Å². The monoisotopic (exact) mass is 644 g/mol. The predicted octanol–water partition coefficient (Wildman–Crippen LogP) is 11.5. The van der Waals surface area contributed by atoms with Crippen molar-refractivity contribution in [3.63, 3.8) is 0 Å². The Balaban J connectivity index is 1.26. The van der Waals surface area contributed by atoms with Crippen LogP contribution in [0.25, 0.3) is 94.7 Å². The zero-order chi connectivity index (χ0) is 36.5. The molecule has 7 aromatic carbocycles. The number of aromatic nitrogens is 4. The molecule has 0 amide bonds. The molecular weight excluding hydrogens is 613 g/mol. The molecule has 50 heavy (non-hydrogen) atoms. The van der Waals surface area contributed by atoms with E-state index in [1.54, 1.807) is 6.07 Å². The summed E-state index contributed by atoms with van der Waals surface area (Å²) in [5.41, 5.74) is 6.74. The molecule has 0 unspecified atom stereocenters. The number of furan rings is 1. The van der Waals surface area contributed by atoms with Crippen molar-refractivity contribution in [2.45, 2.75) is 0 Å². The molecule has 3 heterocycles. The summed E-state index contributed by atoms with van der Waals surface area (Å²) in [6, 6.07) is 46.8. The van der Waals surface area contributed by atoms with Gasteiger partial charge in [-0.15, -0.1) is 0 Å². The fourth-order valence-corrected chi connectivity index (χ4v) is 6.88. The molecule has 0 N–H and O–H groups in total. The van der Waals surface area contributed by atoms with E-state index in [9.17, 15) is 2.74 Å². The quantitative estimate of drug-likeness (QED) is 0.187. The van der Waals surface area contributed by atoms with Gasteiger partial charge in [0.05, 0.1) is 22.1 Å². The first-order valence-electron chi connectivity index (χ1n) is 18.4. The first kappa shape index (κ1) is 24.3. The third-order valence-corrected chi connectivity index (χ3v) is 9.15. The van der Waals surface area contributed by atoms with Crippen LogP contribution in [0.1, 0.15) is 5.48 Å². The number of para-hydroxylation sites is 3. The maximum atomic E-state index is 9.26. The minimum Gasteiger partial charge on any atom is -0.455 e. The Morgan fingerprint density at radius 2 is 1.12 bits per heavy atom. The van der Waals surface area contributed by atoms with E-state index >= 15 is 0 Å². The van der Waals surface area contributed by atoms with E-state index < -0.39 is 0 Å². The van der Waals surface area contributed by atoms with E-state index in [-0.39, 0.29) is 41.2 Å². The van der Waals surface area contributed by atoms with Crippen LogP contribution in [0.2, 0.25) is 0 Å². The molecule has 3 aromatic heterocycles. The molecular formula is C45H28N4O. The summed E-state index contributed by atoms with van der Waals surface area (Å²) in [7, 11) is 0. The first-order chi connectivity index (χ1) is 26.4. The largest absolute Gasteiger partial charge is 0.455 e. The average molecular weight is 645 g/mol. The second-order valence-corrected chi connectivity index (χ2v) is 12.1. The van der Waals surface area contributed by atoms with Gasteiger partial charge in [0.15, 0.2) is 17.5 Å². The van der Waals surface area contributed by atoms with Crippen molar-refractivity contribution in [1.29, 1.82) is 0 Å². The molecule has 0 aliphatic rings. The Bertz CT molecular complexity index is 3030. The molecule has 5 nitrogen and oxygen atoms in total. The molecule has 5 heteroatoms. The fourth-order valence-electron chi connectivity index (χ4n) is 6.88. The van der Waals surface area contributed by atoms with Gasteiger partial charge in [-0.05, 0) is 47.5 Å². The van der Waals surface area contributed by atoms with Crippen molar-refractivity contribution < 1.29 is 9.90 Å². The van der Waals surface area contributed by atoms with Crippen molar-refractivity contribution in [1.82, 2.24) is 19.5 Å². The minimum absolute atomic E-state index is 0.0110. The van der Waals surface area contributed by atoms with Crippen LogP contribution in [0.5, 0.6) is 0 Å². The lowest BCUT2D eigenvalue weighted by Gasteiger charge is -2.09. The lowest BCUT2D eigenvalue weighted by atomic mass is 9.97. The van der Waals surface area contributed by atoms with Gasteiger partial charge in [-0.25, -0.2) is 15.0 Å². The van der Waals surface area contributed by atoms with Gasteiger partial charge in [0, 0.05) is 38.4 Å². The molecule has 0 fully saturated rings. The third kappa shape index (κ3) is 4.52. The van der Waals surface area contributed by atoms with Crippen LogP contribution in [-0.4, -0.2) is 19.5 Å². The van der Waals surface area contributed by atoms with E-state index in [0.717, 1.165) is 44.2 Å². The number of rotatable bonds is 5. The van der Waals surface area contributed by atoms with Crippen LogP contribution < -0.4 is 0 Å². The van der Waals surface area contributed by atoms with Gasteiger partial charge in [0.1, 0.15) is 11.2 Å². The Kier molecular flexibility index (Phi) is 5.54. The summed E-state index contributed by atoms with van der Waals surface area (Å²) in [5.74, 6) is 1.17. The van der Waals surface area contributed by atoms with E-state index in [0.29, 0.717) is 33.5 Å². The zero-order valence-electron chi connectivity index (χ0n) is 30.6. The van der Waals surface area contributed by atoms with Crippen molar-refractivity contribution in [3.05, 3.63) is 170 Å². The van der Waals surface area contributed by atoms with Gasteiger partial charge in [-0.3, -0.25) is 0 Å². The molecule has 0 radical (unpaired) electrons. The van der Waals surface area contributed by atoms with Crippen molar-refractivity contribution in [2.24, 2.45) is 0 Å². The second kappa shape index (κ2) is 11.4. The van der Waals surface area contributed by atoms with Crippen molar-refractivity contribution in [3.8, 4) is 51.0 Å². The normalized spacial score (nSPS) is 12.7. The van der Waals surface area contributed by atoms with Crippen LogP contribution in [0.15, 0.2) is 174 Å². The van der Waals surface area contributed by atoms with Crippen LogP contribution in [0.4, 0.5) is 0 Å². The van der Waals surface area contributed by atoms with Crippen molar-refractivity contribution in [2.75, 3.05) is 0 Å². The lowest BCUT2D eigenvalue weighted by molar-refractivity contribution is 0.669. The number of fused-ring (bicyclic) bond motifs is 6. The minimum atomic E-state index is -0.0705. The highest BCUT2D eigenvalue weighted by molar-refractivity contribution is 6.16. The molecule has 0 saturated carbocycles. The van der Waals surface area contributed by atoms with Crippen molar-refractivity contribution >= 4 is 43.7 Å². The maximum absolute atomic E-state index is 9.26. The van der Waals surface area contributed by atoms with Crippen LogP contribution in [0, 0.1) is 0 Å². The Morgan fingerprint density at radius 1 is 0.480 bits per heavy atom. The zero-order valence-corrected chi connectivity index (χ0v) is 26.6. The highest BCUT2D eigenvalue weighted by atomic mass is 16.3. The molecule has 0 atom stereocenters. The third-order valence-electron chi connectivity index (χ3n) is 9.15. The summed E-state index contributed by atoms with van der Waals surface area (Å²) >= 11 is 0. The summed E-state index contributed by atoms with van der Waals surface area (Å²) in [6.45, 7) is 0.